The number of amides is 1. The quantitative estimate of drug-likeness (QED) is 0.669. The Morgan fingerprint density at radius 3 is 2.83 bits per heavy atom. The van der Waals surface area contributed by atoms with Crippen LogP contribution in [0.25, 0.3) is 0 Å². The third kappa shape index (κ3) is 5.04. The molecular weight excluding hydrogens is 234 g/mol. The van der Waals surface area contributed by atoms with Gasteiger partial charge in [0.25, 0.3) is 0 Å². The molecule has 1 rings (SSSR count). The van der Waals surface area contributed by atoms with Crippen molar-refractivity contribution in [3.05, 3.63) is 0 Å². The van der Waals surface area contributed by atoms with Gasteiger partial charge in [-0.05, 0) is 19.3 Å². The average Bonchev–Trinajstić information content (AvgIpc) is 2.35. The van der Waals surface area contributed by atoms with Crippen LogP contribution in [0.2, 0.25) is 0 Å². The fourth-order valence-electron chi connectivity index (χ4n) is 2.04. The number of carbonyl (C=O) groups is 2. The molecule has 1 atom stereocenters. The molecule has 5 nitrogen and oxygen atoms in total. The van der Waals surface area contributed by atoms with E-state index in [0.29, 0.717) is 32.5 Å². The predicted molar refractivity (Wildman–Crippen MR) is 67.3 cm³/mol. The Balaban J connectivity index is 2.19. The first-order valence-corrected chi connectivity index (χ1v) is 6.73. The van der Waals surface area contributed by atoms with Crippen LogP contribution in [-0.2, 0) is 14.3 Å². The molecule has 0 aromatic heterocycles. The standard InChI is InChI=1S/C13H23NO4/c1-2-3-8-18-9-4-7-14-10-11(13(16)17)5-6-12(14)15/h11H,2-10H2,1H3,(H,16,17). The first-order chi connectivity index (χ1) is 8.65. The first kappa shape index (κ1) is 15.0. The molecule has 0 aromatic rings. The molecule has 1 fully saturated rings. The molecule has 1 aliphatic heterocycles. The van der Waals surface area contributed by atoms with Gasteiger partial charge in [-0.1, -0.05) is 13.3 Å². The first-order valence-electron chi connectivity index (χ1n) is 6.73. The Bertz CT molecular complexity index is 280. The second-order valence-corrected chi connectivity index (χ2v) is 4.73. The molecule has 0 saturated carbocycles. The minimum atomic E-state index is -0.799. The van der Waals surface area contributed by atoms with Gasteiger partial charge in [-0.25, -0.2) is 0 Å². The zero-order valence-electron chi connectivity index (χ0n) is 11.1. The number of aliphatic carboxylic acids is 1. The van der Waals surface area contributed by atoms with Gasteiger partial charge in [0.1, 0.15) is 0 Å². The van der Waals surface area contributed by atoms with E-state index in [4.69, 9.17) is 9.84 Å². The minimum Gasteiger partial charge on any atom is -0.481 e. The molecule has 1 amide bonds. The molecule has 0 bridgehead atoms. The number of piperidine rings is 1. The molecule has 1 unspecified atom stereocenters. The van der Waals surface area contributed by atoms with Gasteiger partial charge >= 0.3 is 5.97 Å². The summed E-state index contributed by atoms with van der Waals surface area (Å²) < 4.78 is 5.42. The summed E-state index contributed by atoms with van der Waals surface area (Å²) in [4.78, 5) is 24.2. The smallest absolute Gasteiger partial charge is 0.308 e. The van der Waals surface area contributed by atoms with E-state index in [1.807, 2.05) is 0 Å². The molecular formula is C13H23NO4. The number of rotatable bonds is 8. The highest BCUT2D eigenvalue weighted by Gasteiger charge is 2.29. The third-order valence-corrected chi connectivity index (χ3v) is 3.21. The highest BCUT2D eigenvalue weighted by molar-refractivity contribution is 5.80. The van der Waals surface area contributed by atoms with Crippen molar-refractivity contribution in [2.24, 2.45) is 5.92 Å². The van der Waals surface area contributed by atoms with Crippen LogP contribution < -0.4 is 0 Å². The van der Waals surface area contributed by atoms with E-state index < -0.39 is 11.9 Å². The van der Waals surface area contributed by atoms with Crippen LogP contribution in [0, 0.1) is 5.92 Å². The summed E-state index contributed by atoms with van der Waals surface area (Å²) in [7, 11) is 0. The maximum Gasteiger partial charge on any atom is 0.308 e. The van der Waals surface area contributed by atoms with Crippen LogP contribution in [-0.4, -0.2) is 48.2 Å². The van der Waals surface area contributed by atoms with Crippen molar-refractivity contribution in [2.45, 2.75) is 39.0 Å². The van der Waals surface area contributed by atoms with Crippen LogP contribution in [0.5, 0.6) is 0 Å². The van der Waals surface area contributed by atoms with Gasteiger partial charge in [-0.15, -0.1) is 0 Å². The van der Waals surface area contributed by atoms with Crippen molar-refractivity contribution < 1.29 is 19.4 Å². The highest BCUT2D eigenvalue weighted by Crippen LogP contribution is 2.17. The fraction of sp³-hybridized carbons (Fsp3) is 0.846. The van der Waals surface area contributed by atoms with Gasteiger partial charge in [0.15, 0.2) is 0 Å². The van der Waals surface area contributed by atoms with E-state index in [1.165, 1.54) is 0 Å². The fourth-order valence-corrected chi connectivity index (χ4v) is 2.04. The zero-order chi connectivity index (χ0) is 13.4. The van der Waals surface area contributed by atoms with Gasteiger partial charge in [0.05, 0.1) is 5.92 Å². The Labute approximate surface area is 108 Å². The van der Waals surface area contributed by atoms with Crippen LogP contribution in [0.1, 0.15) is 39.0 Å². The van der Waals surface area contributed by atoms with Gasteiger partial charge < -0.3 is 14.7 Å². The van der Waals surface area contributed by atoms with Crippen LogP contribution in [0.3, 0.4) is 0 Å². The second-order valence-electron chi connectivity index (χ2n) is 4.73. The highest BCUT2D eigenvalue weighted by atomic mass is 16.5. The van der Waals surface area contributed by atoms with E-state index in [1.54, 1.807) is 4.90 Å². The molecule has 1 saturated heterocycles. The van der Waals surface area contributed by atoms with Crippen molar-refractivity contribution in [3.63, 3.8) is 0 Å². The lowest BCUT2D eigenvalue weighted by molar-refractivity contribution is -0.147. The number of hydrogen-bond donors (Lipinski definition) is 1. The maximum atomic E-state index is 11.6. The van der Waals surface area contributed by atoms with Crippen molar-refractivity contribution >= 4 is 11.9 Å². The van der Waals surface area contributed by atoms with Gasteiger partial charge in [0, 0.05) is 32.7 Å². The number of carbonyl (C=O) groups excluding carboxylic acids is 1. The third-order valence-electron chi connectivity index (χ3n) is 3.21. The van der Waals surface area contributed by atoms with Crippen molar-refractivity contribution in [3.8, 4) is 0 Å². The Hall–Kier alpha value is -1.10. The molecule has 0 aliphatic carbocycles. The normalized spacial score (nSPS) is 20.2. The number of carboxylic acids is 1. The van der Waals surface area contributed by atoms with Crippen molar-refractivity contribution in [1.82, 2.24) is 4.90 Å². The van der Waals surface area contributed by atoms with E-state index in [9.17, 15) is 9.59 Å². The molecule has 5 heteroatoms. The maximum absolute atomic E-state index is 11.6. The molecule has 0 aromatic carbocycles. The largest absolute Gasteiger partial charge is 0.481 e. The van der Waals surface area contributed by atoms with Crippen molar-refractivity contribution in [1.29, 1.82) is 0 Å². The number of ether oxygens (including phenoxy) is 1. The molecule has 0 spiro atoms. The number of carboxylic acid groups (broad SMARTS) is 1. The van der Waals surface area contributed by atoms with E-state index in [0.717, 1.165) is 25.9 Å². The molecule has 104 valence electrons. The summed E-state index contributed by atoms with van der Waals surface area (Å²) in [5, 5.41) is 8.95. The van der Waals surface area contributed by atoms with Gasteiger partial charge in [0.2, 0.25) is 5.91 Å². The Morgan fingerprint density at radius 1 is 1.44 bits per heavy atom. The summed E-state index contributed by atoms with van der Waals surface area (Å²) in [6.07, 6.45) is 3.78. The number of hydrogen-bond acceptors (Lipinski definition) is 3. The van der Waals surface area contributed by atoms with Crippen molar-refractivity contribution in [2.75, 3.05) is 26.3 Å². The molecule has 1 N–H and O–H groups in total. The Morgan fingerprint density at radius 2 is 2.17 bits per heavy atom. The predicted octanol–water partition coefficient (Wildman–Crippen LogP) is 1.52. The summed E-state index contributed by atoms with van der Waals surface area (Å²) in [5.41, 5.74) is 0. The number of unbranched alkanes of at least 4 members (excludes halogenated alkanes) is 1. The lowest BCUT2D eigenvalue weighted by atomic mass is 9.98. The lowest BCUT2D eigenvalue weighted by Gasteiger charge is -2.30. The summed E-state index contributed by atoms with van der Waals surface area (Å²) in [6, 6.07) is 0. The summed E-state index contributed by atoms with van der Waals surface area (Å²) in [6.45, 7) is 4.48. The topological polar surface area (TPSA) is 66.8 Å². The molecule has 0 radical (unpaired) electrons. The average molecular weight is 257 g/mol. The van der Waals surface area contributed by atoms with Crippen LogP contribution in [0.4, 0.5) is 0 Å². The Kier molecular flexibility index (Phi) is 6.72. The molecule has 1 heterocycles. The molecule has 18 heavy (non-hydrogen) atoms. The van der Waals surface area contributed by atoms with E-state index in [-0.39, 0.29) is 5.91 Å². The second kappa shape index (κ2) is 8.08. The monoisotopic (exact) mass is 257 g/mol. The van der Waals surface area contributed by atoms with Gasteiger partial charge in [-0.3, -0.25) is 9.59 Å². The van der Waals surface area contributed by atoms with Gasteiger partial charge in [-0.2, -0.15) is 0 Å². The summed E-state index contributed by atoms with van der Waals surface area (Å²) >= 11 is 0. The zero-order valence-corrected chi connectivity index (χ0v) is 11.1. The van der Waals surface area contributed by atoms with Crippen LogP contribution in [0.15, 0.2) is 0 Å². The number of nitrogens with zero attached hydrogens (tertiary/aromatic N) is 1. The van der Waals surface area contributed by atoms with Crippen LogP contribution >= 0.6 is 0 Å². The number of likely N-dealkylation sites (tertiary alicyclic amines) is 1. The lowest BCUT2D eigenvalue weighted by Crippen LogP contribution is -2.43. The van der Waals surface area contributed by atoms with E-state index in [2.05, 4.69) is 6.92 Å². The summed E-state index contributed by atoms with van der Waals surface area (Å²) in [5.74, 6) is -1.13. The molecule has 1 aliphatic rings. The minimum absolute atomic E-state index is 0.0704. The SMILES string of the molecule is CCCCOCCCN1CC(C(=O)O)CCC1=O. The van der Waals surface area contributed by atoms with E-state index >= 15 is 0 Å².